The number of aryl methyl sites for hydroxylation is 1. The van der Waals surface area contributed by atoms with Gasteiger partial charge in [-0.05, 0) is 54.4 Å². The van der Waals surface area contributed by atoms with Crippen molar-refractivity contribution in [3.63, 3.8) is 0 Å². The first-order chi connectivity index (χ1) is 13.9. The van der Waals surface area contributed by atoms with Gasteiger partial charge in [0, 0.05) is 24.5 Å². The van der Waals surface area contributed by atoms with Crippen molar-refractivity contribution in [1.82, 2.24) is 10.3 Å². The molecule has 0 spiro atoms. The second kappa shape index (κ2) is 8.87. The number of amides is 1. The Labute approximate surface area is 170 Å². The Balaban J connectivity index is 1.91. The van der Waals surface area contributed by atoms with E-state index in [1.54, 1.807) is 42.6 Å². The van der Waals surface area contributed by atoms with E-state index in [2.05, 4.69) is 10.3 Å². The molecule has 29 heavy (non-hydrogen) atoms. The van der Waals surface area contributed by atoms with Crippen molar-refractivity contribution in [1.29, 1.82) is 0 Å². The molecule has 0 aliphatic rings. The number of carbonyl (C=O) groups excluding carboxylic acids is 1. The zero-order valence-electron chi connectivity index (χ0n) is 16.2. The summed E-state index contributed by atoms with van der Waals surface area (Å²) in [5, 5.41) is 1.79. The van der Waals surface area contributed by atoms with Crippen LogP contribution in [0.25, 0.3) is 0 Å². The van der Waals surface area contributed by atoms with E-state index in [4.69, 9.17) is 4.74 Å². The average Bonchev–Trinajstić information content (AvgIpc) is 2.74. The summed E-state index contributed by atoms with van der Waals surface area (Å²) < 4.78 is 31.8. The third-order valence-electron chi connectivity index (χ3n) is 4.66. The van der Waals surface area contributed by atoms with Gasteiger partial charge in [0.15, 0.2) is 9.84 Å². The molecule has 3 aromatic rings. The smallest absolute Gasteiger partial charge is 0.251 e. The lowest BCUT2D eigenvalue weighted by molar-refractivity contribution is 0.0953. The molecule has 6 nitrogen and oxygen atoms in total. The number of carbonyl (C=O) groups is 1. The number of ether oxygens (including phenoxy) is 1. The highest BCUT2D eigenvalue weighted by Gasteiger charge is 2.30. The van der Waals surface area contributed by atoms with Crippen molar-refractivity contribution in [2.75, 3.05) is 13.7 Å². The van der Waals surface area contributed by atoms with Crippen LogP contribution in [0, 0.1) is 6.92 Å². The minimum absolute atomic E-state index is 0.0762. The summed E-state index contributed by atoms with van der Waals surface area (Å²) in [6.45, 7) is 1.76. The van der Waals surface area contributed by atoms with E-state index in [0.717, 1.165) is 5.56 Å². The summed E-state index contributed by atoms with van der Waals surface area (Å²) in [5.74, 6) is 0.247. The summed E-state index contributed by atoms with van der Waals surface area (Å²) in [6, 6.07) is 16.7. The molecule has 1 atom stereocenters. The molecular weight excluding hydrogens is 388 g/mol. The number of pyridine rings is 1. The SMILES string of the molecule is COc1ccc(S(=O)(=O)[C@H](CNC(=O)c2ccccc2C)c2cccnc2)cc1. The van der Waals surface area contributed by atoms with E-state index in [9.17, 15) is 13.2 Å². The predicted molar refractivity (Wildman–Crippen MR) is 111 cm³/mol. The topological polar surface area (TPSA) is 85.4 Å². The fourth-order valence-electron chi connectivity index (χ4n) is 3.01. The Morgan fingerprint density at radius 2 is 1.79 bits per heavy atom. The molecule has 0 unspecified atom stereocenters. The number of methoxy groups -OCH3 is 1. The van der Waals surface area contributed by atoms with E-state index in [1.165, 1.54) is 25.4 Å². The highest BCUT2D eigenvalue weighted by atomic mass is 32.2. The zero-order valence-corrected chi connectivity index (χ0v) is 17.0. The summed E-state index contributed by atoms with van der Waals surface area (Å²) >= 11 is 0. The molecule has 0 saturated carbocycles. The first kappa shape index (κ1) is 20.5. The van der Waals surface area contributed by atoms with E-state index < -0.39 is 15.1 Å². The number of rotatable bonds is 7. The van der Waals surface area contributed by atoms with Crippen LogP contribution in [0.2, 0.25) is 0 Å². The van der Waals surface area contributed by atoms with E-state index >= 15 is 0 Å². The molecule has 1 aromatic heterocycles. The molecule has 0 fully saturated rings. The maximum absolute atomic E-state index is 13.3. The number of hydrogen-bond donors (Lipinski definition) is 1. The van der Waals surface area contributed by atoms with Gasteiger partial charge in [0.2, 0.25) is 0 Å². The van der Waals surface area contributed by atoms with Gasteiger partial charge in [-0.15, -0.1) is 0 Å². The van der Waals surface area contributed by atoms with Crippen LogP contribution in [0.1, 0.15) is 26.7 Å². The highest BCUT2D eigenvalue weighted by molar-refractivity contribution is 7.91. The average molecular weight is 410 g/mol. The molecule has 1 N–H and O–H groups in total. The first-order valence-corrected chi connectivity index (χ1v) is 10.6. The van der Waals surface area contributed by atoms with Gasteiger partial charge in [0.05, 0.1) is 12.0 Å². The second-order valence-electron chi connectivity index (χ2n) is 6.52. The largest absolute Gasteiger partial charge is 0.497 e. The monoisotopic (exact) mass is 410 g/mol. The molecule has 3 rings (SSSR count). The van der Waals surface area contributed by atoms with E-state index in [0.29, 0.717) is 16.9 Å². The summed E-state index contributed by atoms with van der Waals surface area (Å²) in [6.07, 6.45) is 3.08. The first-order valence-electron chi connectivity index (χ1n) is 9.05. The normalized spacial score (nSPS) is 12.2. The zero-order chi connectivity index (χ0) is 20.9. The van der Waals surface area contributed by atoms with Crippen molar-refractivity contribution in [3.05, 3.63) is 89.7 Å². The molecule has 0 aliphatic carbocycles. The van der Waals surface area contributed by atoms with Crippen LogP contribution < -0.4 is 10.1 Å². The molecule has 0 bridgehead atoms. The maximum Gasteiger partial charge on any atom is 0.251 e. The Morgan fingerprint density at radius 1 is 1.07 bits per heavy atom. The minimum atomic E-state index is -3.78. The maximum atomic E-state index is 13.3. The number of nitrogens with zero attached hydrogens (tertiary/aromatic N) is 1. The van der Waals surface area contributed by atoms with Gasteiger partial charge in [0.25, 0.3) is 5.91 Å². The van der Waals surface area contributed by atoms with Crippen LogP contribution in [-0.2, 0) is 9.84 Å². The number of hydrogen-bond acceptors (Lipinski definition) is 5. The number of nitrogens with one attached hydrogen (secondary N) is 1. The van der Waals surface area contributed by atoms with E-state index in [-0.39, 0.29) is 17.3 Å². The Morgan fingerprint density at radius 3 is 2.41 bits per heavy atom. The quantitative estimate of drug-likeness (QED) is 0.646. The van der Waals surface area contributed by atoms with Crippen molar-refractivity contribution < 1.29 is 17.9 Å². The molecule has 0 aliphatic heterocycles. The van der Waals surface area contributed by atoms with Crippen LogP contribution in [0.3, 0.4) is 0 Å². The molecule has 150 valence electrons. The van der Waals surface area contributed by atoms with Crippen molar-refractivity contribution in [3.8, 4) is 5.75 Å². The van der Waals surface area contributed by atoms with Gasteiger partial charge >= 0.3 is 0 Å². The number of benzene rings is 2. The standard InChI is InChI=1S/C22H22N2O4S/c1-16-6-3-4-8-20(16)22(25)24-15-21(17-7-5-13-23-14-17)29(26,27)19-11-9-18(28-2)10-12-19/h3-14,21H,15H2,1-2H3,(H,24,25)/t21-/m1/s1. The number of sulfone groups is 1. The van der Waals surface area contributed by atoms with Gasteiger partial charge in [-0.2, -0.15) is 0 Å². The van der Waals surface area contributed by atoms with Gasteiger partial charge in [-0.1, -0.05) is 24.3 Å². The fourth-order valence-corrected chi connectivity index (χ4v) is 4.66. The number of aromatic nitrogens is 1. The van der Waals surface area contributed by atoms with Crippen LogP contribution >= 0.6 is 0 Å². The van der Waals surface area contributed by atoms with Gasteiger partial charge in [-0.3, -0.25) is 9.78 Å². The third-order valence-corrected chi connectivity index (χ3v) is 6.77. The Kier molecular flexibility index (Phi) is 6.29. The van der Waals surface area contributed by atoms with Crippen LogP contribution in [0.4, 0.5) is 0 Å². The molecule has 2 aromatic carbocycles. The summed E-state index contributed by atoms with van der Waals surface area (Å²) in [4.78, 5) is 16.8. The highest BCUT2D eigenvalue weighted by Crippen LogP contribution is 2.29. The van der Waals surface area contributed by atoms with Crippen LogP contribution in [-0.4, -0.2) is 33.0 Å². The second-order valence-corrected chi connectivity index (χ2v) is 8.65. The molecule has 1 heterocycles. The lowest BCUT2D eigenvalue weighted by Gasteiger charge is -2.19. The molecule has 0 saturated heterocycles. The predicted octanol–water partition coefficient (Wildman–Crippen LogP) is 3.34. The van der Waals surface area contributed by atoms with Crippen LogP contribution in [0.15, 0.2) is 78.0 Å². The molecule has 7 heteroatoms. The lowest BCUT2D eigenvalue weighted by atomic mass is 10.1. The minimum Gasteiger partial charge on any atom is -0.497 e. The van der Waals surface area contributed by atoms with Gasteiger partial charge < -0.3 is 10.1 Å². The van der Waals surface area contributed by atoms with E-state index in [1.807, 2.05) is 19.1 Å². The summed E-state index contributed by atoms with van der Waals surface area (Å²) in [7, 11) is -2.26. The fraction of sp³-hybridized carbons (Fsp3) is 0.182. The summed E-state index contributed by atoms with van der Waals surface area (Å²) in [5.41, 5.74) is 1.84. The van der Waals surface area contributed by atoms with Crippen molar-refractivity contribution in [2.24, 2.45) is 0 Å². The van der Waals surface area contributed by atoms with Crippen LogP contribution in [0.5, 0.6) is 5.75 Å². The molecular formula is C22H22N2O4S. The Hall–Kier alpha value is -3.19. The van der Waals surface area contributed by atoms with Gasteiger partial charge in [-0.25, -0.2) is 8.42 Å². The molecule has 0 radical (unpaired) electrons. The van der Waals surface area contributed by atoms with Crippen molar-refractivity contribution >= 4 is 15.7 Å². The third kappa shape index (κ3) is 4.63. The lowest BCUT2D eigenvalue weighted by Crippen LogP contribution is -2.32. The molecule has 1 amide bonds. The van der Waals surface area contributed by atoms with Crippen molar-refractivity contribution in [2.45, 2.75) is 17.1 Å². The Bertz CT molecular complexity index is 1080. The van der Waals surface area contributed by atoms with Gasteiger partial charge in [0.1, 0.15) is 11.0 Å².